The largest absolute Gasteiger partial charge is 0.422 e. The van der Waals surface area contributed by atoms with Crippen LogP contribution >= 0.6 is 0 Å². The van der Waals surface area contributed by atoms with Gasteiger partial charge in [-0.15, -0.1) is 0 Å². The molecule has 3 aromatic carbocycles. The van der Waals surface area contributed by atoms with Crippen LogP contribution in [0.15, 0.2) is 72.8 Å². The molecule has 0 fully saturated rings. The zero-order chi connectivity index (χ0) is 15.8. The predicted octanol–water partition coefficient (Wildman–Crippen LogP) is 4.03. The molecule has 0 N–H and O–H groups in total. The number of fused-ring (bicyclic) bond motifs is 3. The van der Waals surface area contributed by atoms with E-state index in [1.807, 2.05) is 36.4 Å². The van der Waals surface area contributed by atoms with Crippen molar-refractivity contribution in [3.05, 3.63) is 83.9 Å². The molecule has 23 heavy (non-hydrogen) atoms. The lowest BCUT2D eigenvalue weighted by Crippen LogP contribution is -2.03. The van der Waals surface area contributed by atoms with Gasteiger partial charge in [0.1, 0.15) is 5.75 Å². The van der Waals surface area contributed by atoms with E-state index in [2.05, 4.69) is 0 Å². The molecule has 4 rings (SSSR count). The Balaban J connectivity index is 1.89. The van der Waals surface area contributed by atoms with Gasteiger partial charge in [-0.25, -0.2) is 4.79 Å². The average molecular weight is 300 g/mol. The highest BCUT2D eigenvalue weighted by atomic mass is 16.5. The lowest BCUT2D eigenvalue weighted by atomic mass is 9.97. The van der Waals surface area contributed by atoms with Gasteiger partial charge in [0.25, 0.3) is 0 Å². The van der Waals surface area contributed by atoms with Gasteiger partial charge in [-0.2, -0.15) is 0 Å². The molecule has 1 aliphatic heterocycles. The van der Waals surface area contributed by atoms with Crippen molar-refractivity contribution in [2.24, 2.45) is 0 Å². The number of carbonyl (C=O) groups is 2. The maximum absolute atomic E-state index is 12.4. The second-order valence-corrected chi connectivity index (χ2v) is 5.34. The fourth-order valence-corrected chi connectivity index (χ4v) is 2.82. The number of rotatable bonds is 2. The lowest BCUT2D eigenvalue weighted by molar-refractivity contribution is -0.127. The summed E-state index contributed by atoms with van der Waals surface area (Å²) in [6, 6.07) is 20.3. The van der Waals surface area contributed by atoms with Crippen molar-refractivity contribution in [2.75, 3.05) is 0 Å². The minimum atomic E-state index is -0.486. The van der Waals surface area contributed by atoms with Crippen LogP contribution in [0.4, 0.5) is 0 Å². The van der Waals surface area contributed by atoms with E-state index in [9.17, 15) is 9.59 Å². The molecule has 3 nitrogen and oxygen atoms in total. The van der Waals surface area contributed by atoms with Gasteiger partial charge in [-0.05, 0) is 16.8 Å². The average Bonchev–Trinajstić information content (AvgIpc) is 2.91. The summed E-state index contributed by atoms with van der Waals surface area (Å²) in [5.74, 6) is -0.195. The standard InChI is InChI=1S/C20H12O3/c21-17(14-7-2-1-3-8-14)12-16-19-15-9-5-4-6-13(15)10-11-18(19)23-20(16)22/h1-12H/b16-12-. The molecule has 0 atom stereocenters. The first-order chi connectivity index (χ1) is 11.2. The highest BCUT2D eigenvalue weighted by Gasteiger charge is 2.29. The summed E-state index contributed by atoms with van der Waals surface area (Å²) in [5.41, 5.74) is 1.55. The zero-order valence-electron chi connectivity index (χ0n) is 12.2. The summed E-state index contributed by atoms with van der Waals surface area (Å²) >= 11 is 0. The van der Waals surface area contributed by atoms with Crippen LogP contribution in [0.1, 0.15) is 15.9 Å². The maximum Gasteiger partial charge on any atom is 0.344 e. The Labute approximate surface area is 132 Å². The third-order valence-electron chi connectivity index (χ3n) is 3.92. The van der Waals surface area contributed by atoms with Crippen molar-refractivity contribution in [3.63, 3.8) is 0 Å². The van der Waals surface area contributed by atoms with E-state index in [1.165, 1.54) is 6.08 Å². The molecular weight excluding hydrogens is 288 g/mol. The van der Waals surface area contributed by atoms with Gasteiger partial charge in [0.15, 0.2) is 5.78 Å². The number of hydrogen-bond acceptors (Lipinski definition) is 3. The van der Waals surface area contributed by atoms with E-state index in [4.69, 9.17) is 4.74 Å². The second-order valence-electron chi connectivity index (χ2n) is 5.34. The van der Waals surface area contributed by atoms with Crippen LogP contribution in [0, 0.1) is 0 Å². The molecule has 3 heteroatoms. The Morgan fingerprint density at radius 2 is 1.61 bits per heavy atom. The SMILES string of the molecule is O=C1Oc2ccc3ccccc3c2/C1=C/C(=O)c1ccccc1. The van der Waals surface area contributed by atoms with E-state index in [-0.39, 0.29) is 5.78 Å². The fraction of sp³-hybridized carbons (Fsp3) is 0. The Morgan fingerprint density at radius 1 is 0.870 bits per heavy atom. The number of hydrogen-bond donors (Lipinski definition) is 0. The Kier molecular flexibility index (Phi) is 3.05. The van der Waals surface area contributed by atoms with Crippen molar-refractivity contribution >= 4 is 28.1 Å². The monoisotopic (exact) mass is 300 g/mol. The molecule has 1 heterocycles. The molecule has 0 unspecified atom stereocenters. The van der Waals surface area contributed by atoms with Crippen molar-refractivity contribution in [1.29, 1.82) is 0 Å². The number of ether oxygens (including phenoxy) is 1. The molecule has 0 bridgehead atoms. The fourth-order valence-electron chi connectivity index (χ4n) is 2.82. The second kappa shape index (κ2) is 5.21. The first kappa shape index (κ1) is 13.5. The number of allylic oxidation sites excluding steroid dienone is 1. The first-order valence-electron chi connectivity index (χ1n) is 7.29. The lowest BCUT2D eigenvalue weighted by Gasteiger charge is -2.03. The molecule has 110 valence electrons. The molecule has 0 aromatic heterocycles. The predicted molar refractivity (Wildman–Crippen MR) is 88.3 cm³/mol. The number of carbonyl (C=O) groups excluding carboxylic acids is 2. The molecular formula is C20H12O3. The third kappa shape index (κ3) is 2.23. The quantitative estimate of drug-likeness (QED) is 0.311. The Hall–Kier alpha value is -3.20. The van der Waals surface area contributed by atoms with Crippen LogP contribution in [0.3, 0.4) is 0 Å². The molecule has 0 amide bonds. The van der Waals surface area contributed by atoms with Gasteiger partial charge < -0.3 is 4.74 Å². The molecule has 0 saturated heterocycles. The summed E-state index contributed by atoms with van der Waals surface area (Å²) in [6.45, 7) is 0. The highest BCUT2D eigenvalue weighted by molar-refractivity contribution is 6.30. The van der Waals surface area contributed by atoms with Gasteiger partial charge in [0.05, 0.1) is 5.57 Å². The summed E-state index contributed by atoms with van der Waals surface area (Å²) in [4.78, 5) is 24.6. The van der Waals surface area contributed by atoms with E-state index in [0.29, 0.717) is 22.4 Å². The van der Waals surface area contributed by atoms with Crippen LogP contribution < -0.4 is 4.74 Å². The molecule has 3 aromatic rings. The minimum absolute atomic E-state index is 0.210. The number of esters is 1. The van der Waals surface area contributed by atoms with Gasteiger partial charge in [-0.1, -0.05) is 60.7 Å². The summed E-state index contributed by atoms with van der Waals surface area (Å²) < 4.78 is 5.30. The number of ketones is 1. The van der Waals surface area contributed by atoms with E-state index in [1.54, 1.807) is 30.3 Å². The van der Waals surface area contributed by atoms with Gasteiger partial charge in [0.2, 0.25) is 0 Å². The van der Waals surface area contributed by atoms with Crippen LogP contribution in [0.25, 0.3) is 16.3 Å². The Bertz CT molecular complexity index is 969. The van der Waals surface area contributed by atoms with Crippen molar-refractivity contribution < 1.29 is 14.3 Å². The van der Waals surface area contributed by atoms with Crippen LogP contribution in [0.5, 0.6) is 5.75 Å². The highest BCUT2D eigenvalue weighted by Crippen LogP contribution is 2.39. The normalized spacial score (nSPS) is 14.8. The van der Waals surface area contributed by atoms with Crippen molar-refractivity contribution in [3.8, 4) is 5.75 Å². The smallest absolute Gasteiger partial charge is 0.344 e. The maximum atomic E-state index is 12.4. The van der Waals surface area contributed by atoms with E-state index < -0.39 is 5.97 Å². The van der Waals surface area contributed by atoms with Crippen LogP contribution in [-0.2, 0) is 4.79 Å². The van der Waals surface area contributed by atoms with Gasteiger partial charge >= 0.3 is 5.97 Å². The summed E-state index contributed by atoms with van der Waals surface area (Å²) in [5, 5.41) is 1.91. The minimum Gasteiger partial charge on any atom is -0.422 e. The topological polar surface area (TPSA) is 43.4 Å². The van der Waals surface area contributed by atoms with Crippen LogP contribution in [-0.4, -0.2) is 11.8 Å². The summed E-state index contributed by atoms with van der Waals surface area (Å²) in [7, 11) is 0. The van der Waals surface area contributed by atoms with E-state index in [0.717, 1.165) is 10.8 Å². The molecule has 0 aliphatic carbocycles. The molecule has 0 saturated carbocycles. The molecule has 1 aliphatic rings. The van der Waals surface area contributed by atoms with E-state index >= 15 is 0 Å². The zero-order valence-corrected chi connectivity index (χ0v) is 12.2. The summed E-state index contributed by atoms with van der Waals surface area (Å²) in [6.07, 6.45) is 1.37. The third-order valence-corrected chi connectivity index (χ3v) is 3.92. The van der Waals surface area contributed by atoms with Crippen molar-refractivity contribution in [1.82, 2.24) is 0 Å². The Morgan fingerprint density at radius 3 is 2.43 bits per heavy atom. The van der Waals surface area contributed by atoms with Crippen molar-refractivity contribution in [2.45, 2.75) is 0 Å². The molecule has 0 spiro atoms. The number of benzene rings is 3. The van der Waals surface area contributed by atoms with Crippen LogP contribution in [0.2, 0.25) is 0 Å². The first-order valence-corrected chi connectivity index (χ1v) is 7.29. The van der Waals surface area contributed by atoms with Gasteiger partial charge in [-0.3, -0.25) is 4.79 Å². The molecule has 0 radical (unpaired) electrons. The van der Waals surface area contributed by atoms with Gasteiger partial charge in [0, 0.05) is 17.2 Å².